The van der Waals surface area contributed by atoms with E-state index in [1.807, 2.05) is 0 Å². The first-order chi connectivity index (χ1) is 8.80. The molecule has 0 fully saturated rings. The lowest BCUT2D eigenvalue weighted by Crippen LogP contribution is -2.42. The second-order valence-corrected chi connectivity index (χ2v) is 4.22. The monoisotopic (exact) mass is 282 g/mol. The smallest absolute Gasteiger partial charge is 0.396 e. The van der Waals surface area contributed by atoms with Crippen molar-refractivity contribution in [2.24, 2.45) is 0 Å². The zero-order chi connectivity index (χ0) is 14.5. The summed E-state index contributed by atoms with van der Waals surface area (Å²) >= 11 is 0. The van der Waals surface area contributed by atoms with Gasteiger partial charge in [0.2, 0.25) is 0 Å². The van der Waals surface area contributed by atoms with Crippen molar-refractivity contribution in [1.29, 1.82) is 0 Å². The summed E-state index contributed by atoms with van der Waals surface area (Å²) in [6.07, 6.45) is -2.55. The number of anilines is 1. The Morgan fingerprint density at radius 3 is 2.63 bits per heavy atom. The lowest BCUT2D eigenvalue weighted by atomic mass is 10.3. The fraction of sp³-hybridized carbons (Fsp3) is 0.700. The quantitative estimate of drug-likeness (QED) is 0.638. The van der Waals surface area contributed by atoms with Crippen molar-refractivity contribution < 1.29 is 23.4 Å². The third-order valence-corrected chi connectivity index (χ3v) is 2.34. The summed E-state index contributed by atoms with van der Waals surface area (Å²) in [6, 6.07) is 0. The van der Waals surface area contributed by atoms with Gasteiger partial charge in [-0.15, -0.1) is 0 Å². The van der Waals surface area contributed by atoms with Gasteiger partial charge in [0.05, 0.1) is 37.7 Å². The highest BCUT2D eigenvalue weighted by Crippen LogP contribution is 2.16. The molecule has 0 aliphatic rings. The van der Waals surface area contributed by atoms with E-state index in [1.165, 1.54) is 17.1 Å². The average Bonchev–Trinajstić information content (AvgIpc) is 2.61. The van der Waals surface area contributed by atoms with Crippen LogP contribution < -0.4 is 5.73 Å². The topological polar surface area (TPSA) is 87.5 Å². The molecule has 0 radical (unpaired) electrons. The van der Waals surface area contributed by atoms with Gasteiger partial charge in [0.25, 0.3) is 0 Å². The molecule has 1 unspecified atom stereocenters. The third kappa shape index (κ3) is 6.41. The van der Waals surface area contributed by atoms with Crippen LogP contribution in [0.25, 0.3) is 0 Å². The number of halogens is 3. The Bertz CT molecular complexity index is 383. The van der Waals surface area contributed by atoms with Crippen molar-refractivity contribution in [3.8, 4) is 0 Å². The first kappa shape index (κ1) is 15.7. The van der Waals surface area contributed by atoms with E-state index < -0.39 is 25.4 Å². The van der Waals surface area contributed by atoms with Crippen molar-refractivity contribution in [3.63, 3.8) is 0 Å². The molecule has 1 aromatic rings. The minimum Gasteiger partial charge on any atom is -0.396 e. The second-order valence-electron chi connectivity index (χ2n) is 4.22. The molecule has 19 heavy (non-hydrogen) atoms. The van der Waals surface area contributed by atoms with Crippen molar-refractivity contribution in [2.75, 3.05) is 32.0 Å². The van der Waals surface area contributed by atoms with Gasteiger partial charge in [-0.3, -0.25) is 9.58 Å². The molecule has 4 N–H and O–H groups in total. The van der Waals surface area contributed by atoms with Crippen LogP contribution in [0, 0.1) is 0 Å². The predicted molar refractivity (Wildman–Crippen MR) is 62.2 cm³/mol. The number of aliphatic hydroxyl groups excluding tert-OH is 2. The number of alkyl halides is 3. The van der Waals surface area contributed by atoms with E-state index in [0.29, 0.717) is 5.69 Å². The van der Waals surface area contributed by atoms with Crippen LogP contribution in [-0.2, 0) is 6.54 Å². The predicted octanol–water partition coefficient (Wildman–Crippen LogP) is -0.317. The maximum absolute atomic E-state index is 12.3. The summed E-state index contributed by atoms with van der Waals surface area (Å²) in [5.41, 5.74) is 5.84. The molecule has 0 aliphatic heterocycles. The fourth-order valence-corrected chi connectivity index (χ4v) is 1.68. The second kappa shape index (κ2) is 6.73. The van der Waals surface area contributed by atoms with E-state index in [2.05, 4.69) is 5.10 Å². The maximum atomic E-state index is 12.3. The third-order valence-electron chi connectivity index (χ3n) is 2.34. The minimum atomic E-state index is -4.37. The van der Waals surface area contributed by atoms with Gasteiger partial charge in [0.1, 0.15) is 0 Å². The van der Waals surface area contributed by atoms with Gasteiger partial charge in [-0.1, -0.05) is 0 Å². The molecule has 0 aliphatic carbocycles. The number of nitrogen functional groups attached to an aromatic ring is 1. The molecule has 0 saturated carbocycles. The Morgan fingerprint density at radius 1 is 1.47 bits per heavy atom. The molecule has 1 heterocycles. The van der Waals surface area contributed by atoms with Crippen LogP contribution in [0.1, 0.15) is 0 Å². The molecular formula is C10H17F3N4O2. The van der Waals surface area contributed by atoms with Crippen LogP contribution in [0.4, 0.5) is 18.9 Å². The Morgan fingerprint density at radius 2 is 2.16 bits per heavy atom. The molecule has 1 rings (SSSR count). The number of aromatic nitrogens is 2. The molecule has 9 heteroatoms. The van der Waals surface area contributed by atoms with Gasteiger partial charge < -0.3 is 15.9 Å². The van der Waals surface area contributed by atoms with Gasteiger partial charge in [0, 0.05) is 19.3 Å². The van der Waals surface area contributed by atoms with E-state index in [4.69, 9.17) is 10.8 Å². The van der Waals surface area contributed by atoms with Crippen LogP contribution in [0.3, 0.4) is 0 Å². The Kier molecular flexibility index (Phi) is 5.58. The van der Waals surface area contributed by atoms with Crippen molar-refractivity contribution in [3.05, 3.63) is 12.4 Å². The van der Waals surface area contributed by atoms with Gasteiger partial charge in [-0.25, -0.2) is 0 Å². The van der Waals surface area contributed by atoms with Crippen LogP contribution in [0.2, 0.25) is 0 Å². The molecule has 0 aromatic carbocycles. The van der Waals surface area contributed by atoms with Crippen molar-refractivity contribution in [2.45, 2.75) is 18.8 Å². The highest BCUT2D eigenvalue weighted by molar-refractivity contribution is 5.30. The molecule has 0 spiro atoms. The number of aliphatic hydroxyl groups is 2. The zero-order valence-electron chi connectivity index (χ0n) is 10.2. The Labute approximate surface area is 108 Å². The number of hydrogen-bond donors (Lipinski definition) is 3. The number of nitrogens with two attached hydrogens (primary N) is 1. The largest absolute Gasteiger partial charge is 0.401 e. The lowest BCUT2D eigenvalue weighted by Gasteiger charge is -2.25. The highest BCUT2D eigenvalue weighted by Gasteiger charge is 2.31. The molecule has 0 amide bonds. The van der Waals surface area contributed by atoms with Gasteiger partial charge in [-0.05, 0) is 0 Å². The Balaban J connectivity index is 2.48. The first-order valence-electron chi connectivity index (χ1n) is 5.66. The SMILES string of the molecule is Nc1cnn(CC(O)CN(CCO)CC(F)(F)F)c1. The molecule has 0 saturated heterocycles. The standard InChI is InChI=1S/C10H17F3N4O2/c11-10(12,13)7-16(1-2-18)5-9(19)6-17-4-8(14)3-15-17/h3-4,9,18-19H,1-2,5-7,14H2. The number of nitrogens with zero attached hydrogens (tertiary/aromatic N) is 3. The fourth-order valence-electron chi connectivity index (χ4n) is 1.68. The number of rotatable bonds is 7. The minimum absolute atomic E-state index is 0.0387. The summed E-state index contributed by atoms with van der Waals surface area (Å²) in [4.78, 5) is 0.942. The van der Waals surface area contributed by atoms with Gasteiger partial charge in [0.15, 0.2) is 0 Å². The van der Waals surface area contributed by atoms with Gasteiger partial charge >= 0.3 is 6.18 Å². The zero-order valence-corrected chi connectivity index (χ0v) is 10.2. The normalized spacial score (nSPS) is 14.0. The van der Waals surface area contributed by atoms with Crippen LogP contribution in [-0.4, -0.2) is 63.4 Å². The van der Waals surface area contributed by atoms with Gasteiger partial charge in [-0.2, -0.15) is 18.3 Å². The van der Waals surface area contributed by atoms with Crippen molar-refractivity contribution in [1.82, 2.24) is 14.7 Å². The number of hydrogen-bond acceptors (Lipinski definition) is 5. The average molecular weight is 282 g/mol. The molecule has 1 aromatic heterocycles. The summed E-state index contributed by atoms with van der Waals surface area (Å²) < 4.78 is 38.2. The summed E-state index contributed by atoms with van der Waals surface area (Å²) in [5, 5.41) is 22.3. The summed E-state index contributed by atoms with van der Waals surface area (Å²) in [6.45, 7) is -1.90. The van der Waals surface area contributed by atoms with E-state index in [0.717, 1.165) is 4.90 Å². The first-order valence-corrected chi connectivity index (χ1v) is 5.66. The molecule has 6 nitrogen and oxygen atoms in total. The molecule has 110 valence electrons. The lowest BCUT2D eigenvalue weighted by molar-refractivity contribution is -0.149. The van der Waals surface area contributed by atoms with E-state index in [1.54, 1.807) is 0 Å². The molecular weight excluding hydrogens is 265 g/mol. The van der Waals surface area contributed by atoms with Crippen molar-refractivity contribution >= 4 is 5.69 Å². The highest BCUT2D eigenvalue weighted by atomic mass is 19.4. The maximum Gasteiger partial charge on any atom is 0.401 e. The summed E-state index contributed by atoms with van der Waals surface area (Å²) in [5.74, 6) is 0. The summed E-state index contributed by atoms with van der Waals surface area (Å²) in [7, 11) is 0. The van der Waals surface area contributed by atoms with E-state index in [9.17, 15) is 18.3 Å². The van der Waals surface area contributed by atoms with E-state index >= 15 is 0 Å². The Hall–Kier alpha value is -1.32. The van der Waals surface area contributed by atoms with Crippen LogP contribution in [0.5, 0.6) is 0 Å². The van der Waals surface area contributed by atoms with Crippen LogP contribution >= 0.6 is 0 Å². The van der Waals surface area contributed by atoms with E-state index in [-0.39, 0.29) is 19.6 Å². The van der Waals surface area contributed by atoms with Crippen LogP contribution in [0.15, 0.2) is 12.4 Å². The molecule has 0 bridgehead atoms. The molecule has 1 atom stereocenters.